The number of aromatic nitrogens is 1. The summed E-state index contributed by atoms with van der Waals surface area (Å²) in [6.07, 6.45) is 2.85. The molecular weight excluding hydrogens is 394 g/mol. The summed E-state index contributed by atoms with van der Waals surface area (Å²) in [4.78, 5) is 33.1. The zero-order valence-electron chi connectivity index (χ0n) is 16.7. The summed E-state index contributed by atoms with van der Waals surface area (Å²) >= 11 is 1.59. The molecular formula is C24H25N3O2S. The van der Waals surface area contributed by atoms with E-state index in [1.807, 2.05) is 58.8 Å². The Balaban J connectivity index is 1.47. The highest BCUT2D eigenvalue weighted by Crippen LogP contribution is 2.31. The quantitative estimate of drug-likeness (QED) is 0.664. The predicted molar refractivity (Wildman–Crippen MR) is 118 cm³/mol. The number of rotatable bonds is 6. The molecule has 5 nitrogen and oxygen atoms in total. The Morgan fingerprint density at radius 1 is 1.03 bits per heavy atom. The molecule has 4 rings (SSSR count). The maximum absolute atomic E-state index is 13.0. The van der Waals surface area contributed by atoms with Crippen LogP contribution in [0.3, 0.4) is 0 Å². The van der Waals surface area contributed by atoms with Crippen LogP contribution in [0.5, 0.6) is 0 Å². The van der Waals surface area contributed by atoms with Crippen LogP contribution in [0.1, 0.15) is 28.5 Å². The Morgan fingerprint density at radius 3 is 2.60 bits per heavy atom. The van der Waals surface area contributed by atoms with E-state index >= 15 is 0 Å². The molecule has 1 aromatic carbocycles. The van der Waals surface area contributed by atoms with Gasteiger partial charge in [-0.05, 0) is 35.6 Å². The van der Waals surface area contributed by atoms with Gasteiger partial charge in [0.2, 0.25) is 11.8 Å². The molecule has 1 N–H and O–H groups in total. The Hall–Kier alpha value is -2.99. The molecule has 3 heterocycles. The number of amides is 2. The number of carbonyl (C=O) groups is 2. The molecule has 0 spiro atoms. The van der Waals surface area contributed by atoms with E-state index in [2.05, 4.69) is 22.4 Å². The molecule has 1 aliphatic rings. The van der Waals surface area contributed by atoms with Crippen molar-refractivity contribution >= 4 is 23.2 Å². The van der Waals surface area contributed by atoms with Crippen molar-refractivity contribution in [3.63, 3.8) is 0 Å². The van der Waals surface area contributed by atoms with E-state index in [-0.39, 0.29) is 23.7 Å². The molecule has 2 aromatic heterocycles. The number of hydrogen-bond donors (Lipinski definition) is 1. The maximum Gasteiger partial charge on any atom is 0.227 e. The Morgan fingerprint density at radius 2 is 1.87 bits per heavy atom. The monoisotopic (exact) mass is 419 g/mol. The van der Waals surface area contributed by atoms with Crippen LogP contribution in [0.15, 0.2) is 72.2 Å². The average Bonchev–Trinajstić information content (AvgIpc) is 3.31. The van der Waals surface area contributed by atoms with Crippen LogP contribution in [0.25, 0.3) is 0 Å². The van der Waals surface area contributed by atoms with Crippen LogP contribution < -0.4 is 5.32 Å². The van der Waals surface area contributed by atoms with Crippen LogP contribution in [0.4, 0.5) is 0 Å². The van der Waals surface area contributed by atoms with Gasteiger partial charge in [0.25, 0.3) is 0 Å². The summed E-state index contributed by atoms with van der Waals surface area (Å²) < 4.78 is 0. The number of hydrogen-bond acceptors (Lipinski definition) is 4. The zero-order valence-corrected chi connectivity index (χ0v) is 17.6. The fourth-order valence-corrected chi connectivity index (χ4v) is 4.65. The molecule has 30 heavy (non-hydrogen) atoms. The molecule has 2 unspecified atom stereocenters. The van der Waals surface area contributed by atoms with Gasteiger partial charge in [0, 0.05) is 30.1 Å². The van der Waals surface area contributed by atoms with Crippen molar-refractivity contribution in [1.29, 1.82) is 0 Å². The van der Waals surface area contributed by atoms with Gasteiger partial charge in [0.1, 0.15) is 0 Å². The van der Waals surface area contributed by atoms with Crippen LogP contribution in [0.2, 0.25) is 0 Å². The second kappa shape index (κ2) is 9.67. The third-order valence-corrected chi connectivity index (χ3v) is 6.40. The summed E-state index contributed by atoms with van der Waals surface area (Å²) in [7, 11) is 0. The standard InChI is InChI=1S/C24H25N3O2S/c28-23(14-22-10-6-12-30-22)27-16-19(18-7-2-1-3-8-18)13-20(17-27)24(29)26-15-21-9-4-5-11-25-21/h1-12,19-20H,13-17H2,(H,26,29). The first-order valence-electron chi connectivity index (χ1n) is 10.2. The molecule has 3 aromatic rings. The largest absolute Gasteiger partial charge is 0.350 e. The van der Waals surface area contributed by atoms with Crippen molar-refractivity contribution in [2.24, 2.45) is 5.92 Å². The molecule has 0 radical (unpaired) electrons. The Bertz CT molecular complexity index is 961. The number of nitrogens with one attached hydrogen (secondary N) is 1. The summed E-state index contributed by atoms with van der Waals surface area (Å²) in [5.41, 5.74) is 2.00. The van der Waals surface area contributed by atoms with Gasteiger partial charge in [0.15, 0.2) is 0 Å². The van der Waals surface area contributed by atoms with Gasteiger partial charge in [-0.3, -0.25) is 14.6 Å². The minimum Gasteiger partial charge on any atom is -0.350 e. The van der Waals surface area contributed by atoms with E-state index in [0.29, 0.717) is 26.1 Å². The van der Waals surface area contributed by atoms with Crippen molar-refractivity contribution in [1.82, 2.24) is 15.2 Å². The van der Waals surface area contributed by atoms with E-state index in [4.69, 9.17) is 0 Å². The molecule has 6 heteroatoms. The fraction of sp³-hybridized carbons (Fsp3) is 0.292. The number of thiophene rings is 1. The van der Waals surface area contributed by atoms with Gasteiger partial charge in [-0.25, -0.2) is 0 Å². The van der Waals surface area contributed by atoms with Gasteiger partial charge in [-0.2, -0.15) is 0 Å². The number of piperidine rings is 1. The van der Waals surface area contributed by atoms with Gasteiger partial charge < -0.3 is 10.2 Å². The smallest absolute Gasteiger partial charge is 0.227 e. The molecule has 0 bridgehead atoms. The molecule has 154 valence electrons. The van der Waals surface area contributed by atoms with Gasteiger partial charge in [-0.1, -0.05) is 42.5 Å². The minimum atomic E-state index is -0.236. The van der Waals surface area contributed by atoms with Crippen LogP contribution >= 0.6 is 11.3 Å². The number of benzene rings is 1. The third kappa shape index (κ3) is 5.13. The Kier molecular flexibility index (Phi) is 6.54. The third-order valence-electron chi connectivity index (χ3n) is 5.52. The van der Waals surface area contributed by atoms with Crippen LogP contribution in [0, 0.1) is 5.92 Å². The van der Waals surface area contributed by atoms with Crippen LogP contribution in [-0.2, 0) is 22.6 Å². The molecule has 0 aliphatic carbocycles. The molecule has 0 saturated carbocycles. The van der Waals surface area contributed by atoms with E-state index in [1.54, 1.807) is 17.5 Å². The maximum atomic E-state index is 13.0. The van der Waals surface area contributed by atoms with Crippen molar-refractivity contribution in [3.05, 3.63) is 88.4 Å². The fourth-order valence-electron chi connectivity index (χ4n) is 3.96. The van der Waals surface area contributed by atoms with Gasteiger partial charge in [0.05, 0.1) is 24.6 Å². The molecule has 1 aliphatic heterocycles. The van der Waals surface area contributed by atoms with Crippen molar-refractivity contribution in [2.45, 2.75) is 25.3 Å². The predicted octanol–water partition coefficient (Wildman–Crippen LogP) is 3.63. The SMILES string of the molecule is O=C(NCc1ccccn1)C1CC(c2ccccc2)CN(C(=O)Cc2cccs2)C1. The summed E-state index contributed by atoms with van der Waals surface area (Å²) in [5, 5.41) is 4.99. The van der Waals surface area contributed by atoms with E-state index in [1.165, 1.54) is 5.56 Å². The minimum absolute atomic E-state index is 0.0183. The summed E-state index contributed by atoms with van der Waals surface area (Å²) in [6.45, 7) is 1.51. The number of pyridine rings is 1. The first-order chi connectivity index (χ1) is 14.7. The van der Waals surface area contributed by atoms with E-state index in [9.17, 15) is 9.59 Å². The molecule has 1 saturated heterocycles. The number of carbonyl (C=O) groups excluding carboxylic acids is 2. The number of likely N-dealkylation sites (tertiary alicyclic amines) is 1. The van der Waals surface area contributed by atoms with Gasteiger partial charge in [-0.15, -0.1) is 11.3 Å². The normalized spacial score (nSPS) is 18.7. The summed E-state index contributed by atoms with van der Waals surface area (Å²) in [5.74, 6) is -0.0198. The lowest BCUT2D eigenvalue weighted by atomic mass is 9.84. The lowest BCUT2D eigenvalue weighted by Crippen LogP contribution is -2.48. The van der Waals surface area contributed by atoms with Crippen molar-refractivity contribution in [2.75, 3.05) is 13.1 Å². The first kappa shape index (κ1) is 20.3. The highest BCUT2D eigenvalue weighted by Gasteiger charge is 2.34. The van der Waals surface area contributed by atoms with Crippen LogP contribution in [-0.4, -0.2) is 34.8 Å². The lowest BCUT2D eigenvalue weighted by molar-refractivity contribution is -0.135. The first-order valence-corrected chi connectivity index (χ1v) is 11.1. The molecule has 2 atom stereocenters. The van der Waals surface area contributed by atoms with Crippen molar-refractivity contribution in [3.8, 4) is 0 Å². The average molecular weight is 420 g/mol. The topological polar surface area (TPSA) is 62.3 Å². The lowest BCUT2D eigenvalue weighted by Gasteiger charge is -2.37. The molecule has 2 amide bonds. The molecule has 1 fully saturated rings. The number of nitrogens with zero attached hydrogens (tertiary/aromatic N) is 2. The second-order valence-corrected chi connectivity index (χ2v) is 8.67. The highest BCUT2D eigenvalue weighted by atomic mass is 32.1. The van der Waals surface area contributed by atoms with Gasteiger partial charge >= 0.3 is 0 Å². The van der Waals surface area contributed by atoms with E-state index in [0.717, 1.165) is 17.0 Å². The Labute approximate surface area is 180 Å². The highest BCUT2D eigenvalue weighted by molar-refractivity contribution is 7.10. The van der Waals surface area contributed by atoms with Crippen molar-refractivity contribution < 1.29 is 9.59 Å². The van der Waals surface area contributed by atoms with E-state index < -0.39 is 0 Å². The summed E-state index contributed by atoms with van der Waals surface area (Å²) in [6, 6.07) is 19.8. The zero-order chi connectivity index (χ0) is 20.8. The second-order valence-electron chi connectivity index (χ2n) is 7.63.